The van der Waals surface area contributed by atoms with Crippen LogP contribution in [0, 0.1) is 11.6 Å². The molecule has 3 heterocycles. The number of nitrogens with zero attached hydrogens (tertiary/aromatic N) is 5. The van der Waals surface area contributed by atoms with E-state index in [-0.39, 0.29) is 24.1 Å². The van der Waals surface area contributed by atoms with E-state index in [0.29, 0.717) is 28.7 Å². The number of rotatable bonds is 8. The molecule has 0 bridgehead atoms. The maximum Gasteiger partial charge on any atom is 0.250 e. The van der Waals surface area contributed by atoms with Crippen LogP contribution in [0.25, 0.3) is 5.65 Å². The van der Waals surface area contributed by atoms with E-state index < -0.39 is 11.6 Å². The van der Waals surface area contributed by atoms with Gasteiger partial charge in [-0.05, 0) is 48.0 Å². The van der Waals surface area contributed by atoms with Gasteiger partial charge in [0.2, 0.25) is 5.91 Å². The predicted molar refractivity (Wildman–Crippen MR) is 137 cm³/mol. The van der Waals surface area contributed by atoms with E-state index >= 15 is 0 Å². The molecule has 1 amide bonds. The number of carbonyl (C=O) groups excluding carboxylic acids is 1. The third kappa shape index (κ3) is 5.51. The van der Waals surface area contributed by atoms with Crippen molar-refractivity contribution in [1.82, 2.24) is 19.6 Å². The Balaban J connectivity index is 1.47. The van der Waals surface area contributed by atoms with Crippen molar-refractivity contribution in [3.05, 3.63) is 96.3 Å². The molecule has 38 heavy (non-hydrogen) atoms. The summed E-state index contributed by atoms with van der Waals surface area (Å²) in [6, 6.07) is 17.3. The number of pyridine rings is 2. The smallest absolute Gasteiger partial charge is 0.250 e. The summed E-state index contributed by atoms with van der Waals surface area (Å²) >= 11 is 0. The van der Waals surface area contributed by atoms with Crippen molar-refractivity contribution in [3.63, 3.8) is 0 Å². The third-order valence-electron chi connectivity index (χ3n) is 5.51. The van der Waals surface area contributed by atoms with Crippen LogP contribution in [0.1, 0.15) is 12.5 Å². The number of halogens is 2. The van der Waals surface area contributed by atoms with Crippen molar-refractivity contribution in [2.75, 3.05) is 17.3 Å². The Hall–Kier alpha value is -5.06. The molecular formula is C27H22F2N6O3. The van der Waals surface area contributed by atoms with Crippen LogP contribution in [0.5, 0.6) is 17.2 Å². The zero-order valence-electron chi connectivity index (χ0n) is 20.4. The Morgan fingerprint density at radius 1 is 1.00 bits per heavy atom. The fourth-order valence-electron chi connectivity index (χ4n) is 3.76. The average Bonchev–Trinajstić information content (AvgIpc) is 3.31. The molecule has 0 saturated carbocycles. The fourth-order valence-corrected chi connectivity index (χ4v) is 3.76. The van der Waals surface area contributed by atoms with Gasteiger partial charge in [-0.2, -0.15) is 4.98 Å². The summed E-state index contributed by atoms with van der Waals surface area (Å²) in [6.45, 7) is 1.61. The van der Waals surface area contributed by atoms with Gasteiger partial charge < -0.3 is 19.7 Å². The summed E-state index contributed by atoms with van der Waals surface area (Å²) in [5.41, 5.74) is 1.45. The first-order chi connectivity index (χ1) is 18.4. The van der Waals surface area contributed by atoms with Crippen LogP contribution >= 0.6 is 0 Å². The van der Waals surface area contributed by atoms with Crippen LogP contribution in [-0.4, -0.2) is 32.6 Å². The first-order valence-electron chi connectivity index (χ1n) is 11.5. The van der Waals surface area contributed by atoms with E-state index in [4.69, 9.17) is 9.47 Å². The number of methoxy groups -OCH3 is 1. The molecule has 0 aliphatic heterocycles. The van der Waals surface area contributed by atoms with Gasteiger partial charge in [-0.1, -0.05) is 12.1 Å². The second-order valence-corrected chi connectivity index (χ2v) is 8.27. The number of aromatic nitrogens is 4. The number of amides is 1. The lowest BCUT2D eigenvalue weighted by Crippen LogP contribution is -2.19. The van der Waals surface area contributed by atoms with E-state index in [1.165, 1.54) is 29.8 Å². The number of benzene rings is 2. The number of carbonyl (C=O) groups is 1. The number of hydrogen-bond donors (Lipinski definition) is 1. The van der Waals surface area contributed by atoms with E-state index in [1.807, 2.05) is 12.1 Å². The van der Waals surface area contributed by atoms with E-state index in [1.54, 1.807) is 54.6 Å². The Labute approximate surface area is 216 Å². The Morgan fingerprint density at radius 3 is 2.53 bits per heavy atom. The molecule has 11 heteroatoms. The lowest BCUT2D eigenvalue weighted by atomic mass is 10.2. The molecule has 3 aromatic heterocycles. The third-order valence-corrected chi connectivity index (χ3v) is 5.51. The number of hydrogen-bond acceptors (Lipinski definition) is 7. The van der Waals surface area contributed by atoms with Gasteiger partial charge in [-0.15, -0.1) is 5.10 Å². The van der Waals surface area contributed by atoms with Crippen LogP contribution in [-0.2, 0) is 11.3 Å². The Bertz CT molecular complexity index is 1610. The van der Waals surface area contributed by atoms with Crippen LogP contribution < -0.4 is 19.7 Å². The van der Waals surface area contributed by atoms with Crippen molar-refractivity contribution in [2.24, 2.45) is 0 Å². The zero-order valence-corrected chi connectivity index (χ0v) is 20.4. The number of ether oxygens (including phenoxy) is 2. The minimum atomic E-state index is -0.742. The summed E-state index contributed by atoms with van der Waals surface area (Å²) in [4.78, 5) is 21.5. The first kappa shape index (κ1) is 24.6. The van der Waals surface area contributed by atoms with Gasteiger partial charge >= 0.3 is 0 Å². The molecule has 0 saturated heterocycles. The van der Waals surface area contributed by atoms with E-state index in [2.05, 4.69) is 20.4 Å². The molecule has 0 aliphatic carbocycles. The minimum Gasteiger partial charge on any atom is -0.497 e. The van der Waals surface area contributed by atoms with Crippen molar-refractivity contribution < 1.29 is 23.0 Å². The zero-order chi connectivity index (χ0) is 26.6. The van der Waals surface area contributed by atoms with Crippen molar-refractivity contribution in [1.29, 1.82) is 0 Å². The Morgan fingerprint density at radius 2 is 1.79 bits per heavy atom. The van der Waals surface area contributed by atoms with Crippen LogP contribution in [0.15, 0.2) is 79.1 Å². The number of anilines is 3. The van der Waals surface area contributed by atoms with Gasteiger partial charge in [0, 0.05) is 25.3 Å². The van der Waals surface area contributed by atoms with Gasteiger partial charge in [0.1, 0.15) is 34.7 Å². The standard InChI is InChI=1S/C27H22F2N6O3/c1-17(36)31-25-14-21(11-12-30-25)38-22-8-10-26-32-27(33-35(26)16-22)34(24-9-5-19(28)13-23(24)29)15-18-3-6-20(37-2)7-4-18/h3-14,16H,15H2,1-2H3,(H,30,31,36). The van der Waals surface area contributed by atoms with Crippen molar-refractivity contribution in [2.45, 2.75) is 13.5 Å². The molecule has 5 aromatic rings. The van der Waals surface area contributed by atoms with Crippen molar-refractivity contribution >= 4 is 29.0 Å². The van der Waals surface area contributed by atoms with Gasteiger partial charge in [0.15, 0.2) is 5.65 Å². The number of fused-ring (bicyclic) bond motifs is 1. The largest absolute Gasteiger partial charge is 0.497 e. The summed E-state index contributed by atoms with van der Waals surface area (Å²) in [5, 5.41) is 7.14. The molecule has 1 N–H and O–H groups in total. The molecule has 0 fully saturated rings. The fraction of sp³-hybridized carbons (Fsp3) is 0.111. The van der Waals surface area contributed by atoms with Crippen LogP contribution in [0.4, 0.5) is 26.2 Å². The molecule has 9 nitrogen and oxygen atoms in total. The highest BCUT2D eigenvalue weighted by molar-refractivity contribution is 5.87. The van der Waals surface area contributed by atoms with Gasteiger partial charge in [0.05, 0.1) is 25.5 Å². The predicted octanol–water partition coefficient (Wildman–Crippen LogP) is 5.50. The molecule has 5 rings (SSSR count). The minimum absolute atomic E-state index is 0.122. The van der Waals surface area contributed by atoms with Crippen molar-refractivity contribution in [3.8, 4) is 17.2 Å². The highest BCUT2D eigenvalue weighted by atomic mass is 19.1. The molecule has 0 radical (unpaired) electrons. The summed E-state index contributed by atoms with van der Waals surface area (Å²) in [6.07, 6.45) is 3.14. The molecule has 192 valence electrons. The van der Waals surface area contributed by atoms with Gasteiger partial charge in [0.25, 0.3) is 5.95 Å². The van der Waals surface area contributed by atoms with E-state index in [0.717, 1.165) is 11.6 Å². The van der Waals surface area contributed by atoms with Crippen LogP contribution in [0.2, 0.25) is 0 Å². The number of nitrogens with one attached hydrogen (secondary N) is 1. The lowest BCUT2D eigenvalue weighted by molar-refractivity contribution is -0.114. The topological polar surface area (TPSA) is 93.9 Å². The molecular weight excluding hydrogens is 494 g/mol. The van der Waals surface area contributed by atoms with Gasteiger partial charge in [-0.3, -0.25) is 4.79 Å². The summed E-state index contributed by atoms with van der Waals surface area (Å²) in [7, 11) is 1.57. The summed E-state index contributed by atoms with van der Waals surface area (Å²) in [5.74, 6) is 0.483. The maximum atomic E-state index is 14.9. The second kappa shape index (κ2) is 10.5. The Kier molecular flexibility index (Phi) is 6.81. The molecule has 0 unspecified atom stereocenters. The molecule has 0 aliphatic rings. The van der Waals surface area contributed by atoms with Gasteiger partial charge in [-0.25, -0.2) is 18.3 Å². The lowest BCUT2D eigenvalue weighted by Gasteiger charge is -2.22. The van der Waals surface area contributed by atoms with Crippen LogP contribution in [0.3, 0.4) is 0 Å². The van der Waals surface area contributed by atoms with E-state index in [9.17, 15) is 13.6 Å². The quantitative estimate of drug-likeness (QED) is 0.291. The highest BCUT2D eigenvalue weighted by Gasteiger charge is 2.20. The monoisotopic (exact) mass is 516 g/mol. The molecule has 2 aromatic carbocycles. The maximum absolute atomic E-state index is 14.9. The molecule has 0 spiro atoms. The second-order valence-electron chi connectivity index (χ2n) is 8.27. The normalized spacial score (nSPS) is 10.8. The summed E-state index contributed by atoms with van der Waals surface area (Å²) < 4.78 is 41.1. The molecule has 0 atom stereocenters. The highest BCUT2D eigenvalue weighted by Crippen LogP contribution is 2.30. The SMILES string of the molecule is COc1ccc(CN(c2nc3ccc(Oc4ccnc(NC(C)=O)c4)cn3n2)c2ccc(F)cc2F)cc1. The average molecular weight is 517 g/mol. The first-order valence-corrected chi connectivity index (χ1v) is 11.5.